The maximum Gasteiger partial charge on any atom is 0.416 e. The molecule has 0 saturated carbocycles. The summed E-state index contributed by atoms with van der Waals surface area (Å²) in [6.45, 7) is 2.82. The molecule has 1 N–H and O–H groups in total. The molecule has 29 heavy (non-hydrogen) atoms. The quantitative estimate of drug-likeness (QED) is 0.653. The Morgan fingerprint density at radius 1 is 1.14 bits per heavy atom. The molecule has 0 aliphatic rings. The second kappa shape index (κ2) is 9.10. The number of nitrogens with one attached hydrogen (secondary N) is 1. The van der Waals surface area contributed by atoms with Gasteiger partial charge in [-0.2, -0.15) is 17.5 Å². The van der Waals surface area contributed by atoms with Crippen molar-refractivity contribution in [2.75, 3.05) is 25.5 Å². The molecule has 0 aliphatic heterocycles. The Morgan fingerprint density at radius 2 is 1.72 bits per heavy atom. The summed E-state index contributed by atoms with van der Waals surface area (Å²) in [6.07, 6.45) is -3.16. The van der Waals surface area contributed by atoms with Gasteiger partial charge in [0.2, 0.25) is 15.9 Å². The molecule has 156 valence electrons. The van der Waals surface area contributed by atoms with Crippen LogP contribution in [0.1, 0.15) is 5.56 Å². The van der Waals surface area contributed by atoms with E-state index < -0.39 is 34.2 Å². The van der Waals surface area contributed by atoms with Gasteiger partial charge in [-0.15, -0.1) is 6.58 Å². The summed E-state index contributed by atoms with van der Waals surface area (Å²) in [6, 6.07) is 9.47. The van der Waals surface area contributed by atoms with Gasteiger partial charge in [-0.1, -0.05) is 6.08 Å². The second-order valence-electron chi connectivity index (χ2n) is 5.89. The SMILES string of the molecule is C=CCN(CC(=O)Nc1ccc(C(F)(F)F)cc1)S(=O)(=O)c1ccc(OC)cc1. The van der Waals surface area contributed by atoms with E-state index in [4.69, 9.17) is 4.74 Å². The van der Waals surface area contributed by atoms with Crippen molar-refractivity contribution >= 4 is 21.6 Å². The number of hydrogen-bond donors (Lipinski definition) is 1. The fourth-order valence-electron chi connectivity index (χ4n) is 2.39. The number of rotatable bonds is 8. The van der Waals surface area contributed by atoms with Crippen molar-refractivity contribution < 1.29 is 31.1 Å². The van der Waals surface area contributed by atoms with E-state index >= 15 is 0 Å². The Morgan fingerprint density at radius 3 is 2.21 bits per heavy atom. The summed E-state index contributed by atoms with van der Waals surface area (Å²) in [7, 11) is -2.56. The standard InChI is InChI=1S/C19H19F3N2O4S/c1-3-12-24(29(26,27)17-10-8-16(28-2)9-11-17)13-18(25)23-15-6-4-14(5-7-15)19(20,21)22/h3-11H,1,12-13H2,2H3,(H,23,25). The van der Waals surface area contributed by atoms with Gasteiger partial charge >= 0.3 is 6.18 Å². The number of carbonyl (C=O) groups excluding carboxylic acids is 1. The summed E-state index contributed by atoms with van der Waals surface area (Å²) >= 11 is 0. The molecule has 0 aromatic heterocycles. The van der Waals surface area contributed by atoms with Crippen molar-refractivity contribution in [3.8, 4) is 5.75 Å². The van der Waals surface area contributed by atoms with Crippen molar-refractivity contribution in [3.05, 3.63) is 66.7 Å². The largest absolute Gasteiger partial charge is 0.497 e. The van der Waals surface area contributed by atoms with Gasteiger partial charge in [0.15, 0.2) is 0 Å². The number of amides is 1. The third kappa shape index (κ3) is 5.81. The number of nitrogens with zero attached hydrogens (tertiary/aromatic N) is 1. The molecule has 10 heteroatoms. The maximum atomic E-state index is 12.8. The number of halogens is 3. The molecule has 0 heterocycles. The minimum absolute atomic E-state index is 0.0394. The fraction of sp³-hybridized carbons (Fsp3) is 0.211. The van der Waals surface area contributed by atoms with Crippen LogP contribution in [-0.2, 0) is 21.0 Å². The average Bonchev–Trinajstić information content (AvgIpc) is 2.67. The van der Waals surface area contributed by atoms with Crippen LogP contribution in [0.15, 0.2) is 66.1 Å². The van der Waals surface area contributed by atoms with Gasteiger partial charge in [0, 0.05) is 12.2 Å². The second-order valence-corrected chi connectivity index (χ2v) is 7.82. The summed E-state index contributed by atoms with van der Waals surface area (Å²) in [5.41, 5.74) is -0.741. The fourth-order valence-corrected chi connectivity index (χ4v) is 3.76. The van der Waals surface area contributed by atoms with Crippen LogP contribution >= 0.6 is 0 Å². The maximum absolute atomic E-state index is 12.8. The summed E-state index contributed by atoms with van der Waals surface area (Å²) in [5.74, 6) is -0.233. The lowest BCUT2D eigenvalue weighted by molar-refractivity contribution is -0.137. The zero-order valence-corrected chi connectivity index (χ0v) is 16.3. The van der Waals surface area contributed by atoms with E-state index in [1.807, 2.05) is 0 Å². The topological polar surface area (TPSA) is 75.7 Å². The van der Waals surface area contributed by atoms with Crippen molar-refractivity contribution in [2.45, 2.75) is 11.1 Å². The van der Waals surface area contributed by atoms with Crippen molar-refractivity contribution in [1.82, 2.24) is 4.31 Å². The minimum atomic E-state index is -4.49. The van der Waals surface area contributed by atoms with Crippen LogP contribution in [0.4, 0.5) is 18.9 Å². The molecule has 0 atom stereocenters. The predicted molar refractivity (Wildman–Crippen MR) is 102 cm³/mol. The monoisotopic (exact) mass is 428 g/mol. The molecule has 1 amide bonds. The number of alkyl halides is 3. The third-order valence-electron chi connectivity index (χ3n) is 3.85. The Hall–Kier alpha value is -2.85. The lowest BCUT2D eigenvalue weighted by atomic mass is 10.2. The smallest absolute Gasteiger partial charge is 0.416 e. The highest BCUT2D eigenvalue weighted by molar-refractivity contribution is 7.89. The first-order chi connectivity index (χ1) is 13.6. The van der Waals surface area contributed by atoms with Gasteiger partial charge in [0.25, 0.3) is 0 Å². The number of benzene rings is 2. The highest BCUT2D eigenvalue weighted by atomic mass is 32.2. The first kappa shape index (κ1) is 22.4. The number of methoxy groups -OCH3 is 1. The van der Waals surface area contributed by atoms with Gasteiger partial charge in [0.05, 0.1) is 24.1 Å². The van der Waals surface area contributed by atoms with Crippen LogP contribution in [0.25, 0.3) is 0 Å². The van der Waals surface area contributed by atoms with Crippen LogP contribution in [0, 0.1) is 0 Å². The van der Waals surface area contributed by atoms with Crippen LogP contribution < -0.4 is 10.1 Å². The normalized spacial score (nSPS) is 11.9. The average molecular weight is 428 g/mol. The molecule has 2 rings (SSSR count). The van der Waals surface area contributed by atoms with Crippen LogP contribution in [-0.4, -0.2) is 38.8 Å². The molecular formula is C19H19F3N2O4S. The molecule has 6 nitrogen and oxygen atoms in total. The highest BCUT2D eigenvalue weighted by Gasteiger charge is 2.30. The molecule has 0 fully saturated rings. The Balaban J connectivity index is 2.14. The van der Waals surface area contributed by atoms with Gasteiger partial charge < -0.3 is 10.1 Å². The molecule has 0 radical (unpaired) electrons. The number of hydrogen-bond acceptors (Lipinski definition) is 4. The molecule has 0 bridgehead atoms. The number of anilines is 1. The van der Waals surface area contributed by atoms with Crippen LogP contribution in [0.3, 0.4) is 0 Å². The molecule has 2 aromatic rings. The molecular weight excluding hydrogens is 409 g/mol. The van der Waals surface area contributed by atoms with E-state index in [1.165, 1.54) is 37.5 Å². The van der Waals surface area contributed by atoms with E-state index in [2.05, 4.69) is 11.9 Å². The molecule has 0 aliphatic carbocycles. The predicted octanol–water partition coefficient (Wildman–Crippen LogP) is 3.53. The lowest BCUT2D eigenvalue weighted by Gasteiger charge is -2.20. The molecule has 0 saturated heterocycles. The van der Waals surface area contributed by atoms with E-state index in [0.717, 1.165) is 28.6 Å². The van der Waals surface area contributed by atoms with Crippen molar-refractivity contribution in [1.29, 1.82) is 0 Å². The summed E-state index contributed by atoms with van der Waals surface area (Å²) in [4.78, 5) is 12.2. The number of ether oxygens (including phenoxy) is 1. The lowest BCUT2D eigenvalue weighted by Crippen LogP contribution is -2.38. The van der Waals surface area contributed by atoms with Crippen LogP contribution in [0.2, 0.25) is 0 Å². The van der Waals surface area contributed by atoms with Gasteiger partial charge in [-0.3, -0.25) is 4.79 Å². The molecule has 0 unspecified atom stereocenters. The van der Waals surface area contributed by atoms with Gasteiger partial charge in [-0.05, 0) is 48.5 Å². The van der Waals surface area contributed by atoms with Crippen molar-refractivity contribution in [3.63, 3.8) is 0 Å². The summed E-state index contributed by atoms with van der Waals surface area (Å²) in [5, 5.41) is 2.38. The van der Waals surface area contributed by atoms with Crippen molar-refractivity contribution in [2.24, 2.45) is 0 Å². The first-order valence-corrected chi connectivity index (χ1v) is 9.74. The Kier molecular flexibility index (Phi) is 7.04. The Labute approximate surface area is 166 Å². The molecule has 2 aromatic carbocycles. The van der Waals surface area contributed by atoms with E-state index in [-0.39, 0.29) is 17.1 Å². The van der Waals surface area contributed by atoms with Gasteiger partial charge in [0.1, 0.15) is 5.75 Å². The van der Waals surface area contributed by atoms with E-state index in [0.29, 0.717) is 5.75 Å². The zero-order chi connectivity index (χ0) is 21.7. The Bertz CT molecular complexity index is 956. The zero-order valence-electron chi connectivity index (χ0n) is 15.4. The number of carbonyl (C=O) groups is 1. The van der Waals surface area contributed by atoms with E-state index in [9.17, 15) is 26.4 Å². The third-order valence-corrected chi connectivity index (χ3v) is 5.67. The minimum Gasteiger partial charge on any atom is -0.497 e. The number of sulfonamides is 1. The van der Waals surface area contributed by atoms with Crippen LogP contribution in [0.5, 0.6) is 5.75 Å². The van der Waals surface area contributed by atoms with E-state index in [1.54, 1.807) is 0 Å². The first-order valence-electron chi connectivity index (χ1n) is 8.30. The highest BCUT2D eigenvalue weighted by Crippen LogP contribution is 2.29. The van der Waals surface area contributed by atoms with Gasteiger partial charge in [-0.25, -0.2) is 8.42 Å². The summed E-state index contributed by atoms with van der Waals surface area (Å²) < 4.78 is 69.3. The molecule has 0 spiro atoms.